The second-order valence-electron chi connectivity index (χ2n) is 24.5. The molecule has 27 nitrogen and oxygen atoms in total. The smallest absolute Gasteiger partial charge is 0.244 e. The summed E-state index contributed by atoms with van der Waals surface area (Å²) in [4.78, 5) is 56.5. The van der Waals surface area contributed by atoms with Gasteiger partial charge in [-0.25, -0.2) is 15.0 Å². The summed E-state index contributed by atoms with van der Waals surface area (Å²) in [5, 5.41) is 43.0. The third-order valence-corrected chi connectivity index (χ3v) is 18.1. The van der Waals surface area contributed by atoms with Gasteiger partial charge in [0.1, 0.15) is 70.3 Å². The summed E-state index contributed by atoms with van der Waals surface area (Å²) < 4.78 is 23.0. The number of carbonyl (C=O) groups excluding carboxylic acids is 3. The number of aryl methyl sites for hydroxylation is 3. The van der Waals surface area contributed by atoms with E-state index in [-0.39, 0.29) is 35.8 Å². The molecule has 0 saturated carbocycles. The van der Waals surface area contributed by atoms with Crippen LogP contribution in [0.3, 0.4) is 0 Å². The molecule has 3 saturated heterocycles. The maximum Gasteiger partial charge on any atom is 0.244 e. The minimum atomic E-state index is -0.277. The van der Waals surface area contributed by atoms with E-state index in [1.165, 1.54) is 16.7 Å². The van der Waals surface area contributed by atoms with Crippen LogP contribution in [0.1, 0.15) is 71.9 Å². The van der Waals surface area contributed by atoms with Crippen LogP contribution in [-0.2, 0) is 33.6 Å². The van der Waals surface area contributed by atoms with E-state index in [1.807, 2.05) is 96.9 Å². The second kappa shape index (κ2) is 27.4. The number of hydrogen-bond acceptors (Lipinski definition) is 21. The van der Waals surface area contributed by atoms with E-state index in [2.05, 4.69) is 101 Å². The van der Waals surface area contributed by atoms with Crippen LogP contribution in [0.4, 0.5) is 52.0 Å². The fourth-order valence-electron chi connectivity index (χ4n) is 12.9. The van der Waals surface area contributed by atoms with Crippen LogP contribution in [0.5, 0.6) is 17.2 Å². The fraction of sp³-hybridized carbons (Fsp3) is 0.348. The number of benzene rings is 3. The Kier molecular flexibility index (Phi) is 18.1. The van der Waals surface area contributed by atoms with Crippen molar-refractivity contribution in [3.8, 4) is 17.2 Å². The number of likely N-dealkylation sites (tertiary alicyclic amines) is 3. The highest BCUT2D eigenvalue weighted by Gasteiger charge is 2.33. The van der Waals surface area contributed by atoms with Crippen LogP contribution in [-0.4, -0.2) is 176 Å². The number of rotatable bonds is 18. The number of aromatic nitrogens is 9. The number of carbonyl (C=O) groups is 3. The van der Waals surface area contributed by atoms with Crippen molar-refractivity contribution >= 4 is 104 Å². The lowest BCUT2D eigenvalue weighted by Crippen LogP contribution is -2.35. The van der Waals surface area contributed by atoms with Crippen LogP contribution in [0.25, 0.3) is 34.0 Å². The second-order valence-corrected chi connectivity index (χ2v) is 24.5. The van der Waals surface area contributed by atoms with E-state index < -0.39 is 0 Å². The van der Waals surface area contributed by atoms with Crippen molar-refractivity contribution in [2.45, 2.75) is 75.9 Å². The fourth-order valence-corrected chi connectivity index (χ4v) is 12.9. The number of hydrogen-bond donors (Lipinski definition) is 9. The zero-order chi connectivity index (χ0) is 66.7. The highest BCUT2D eigenvalue weighted by Crippen LogP contribution is 2.39. The van der Waals surface area contributed by atoms with Crippen LogP contribution in [0, 0.1) is 0 Å². The molecule has 6 aromatic heterocycles. The number of amides is 3. The molecule has 498 valence electrons. The van der Waals surface area contributed by atoms with Gasteiger partial charge in [0.25, 0.3) is 0 Å². The third-order valence-electron chi connectivity index (χ3n) is 18.1. The molecule has 15 rings (SSSR count). The lowest BCUT2D eigenvalue weighted by molar-refractivity contribution is -0.128. The van der Waals surface area contributed by atoms with Crippen LogP contribution in [0.15, 0.2) is 111 Å². The number of fused-ring (bicyclic) bond motifs is 6. The number of nitrogens with one attached hydrogen (secondary N) is 9. The van der Waals surface area contributed by atoms with E-state index in [0.29, 0.717) is 71.3 Å². The average Bonchev–Trinajstić information content (AvgIpc) is 1.62. The van der Waals surface area contributed by atoms with Gasteiger partial charge in [0, 0.05) is 97.2 Å². The molecule has 12 heterocycles. The quantitative estimate of drug-likeness (QED) is 0.0395. The number of nitrogens with zero attached hydrogens (tertiary/aromatic N) is 12. The number of para-hydroxylation sites is 3. The molecular formula is C69H81N21O6. The first-order valence-corrected chi connectivity index (χ1v) is 32.5. The SMILES string of the molecule is C=C(NC1CCN(C)C1=O)c1cnn2c(NC)cc(Nc3cccc4c3OCCC4)nc12.C=C(N[C@@H]1CCN(C)C1=O)c1cnn2c(NC)cc(Nc3cccc4c3OCCC4)nc12.C=C(N[C@H]1CCN(C)C1=O)c1cnn2c(NC)cc(Nc3cccc4c3OCCC4)nc12. The molecule has 0 spiro atoms. The van der Waals surface area contributed by atoms with Crippen LogP contribution >= 0.6 is 0 Å². The lowest BCUT2D eigenvalue weighted by atomic mass is 10.1. The lowest BCUT2D eigenvalue weighted by Gasteiger charge is -2.21. The van der Waals surface area contributed by atoms with Crippen molar-refractivity contribution in [1.29, 1.82) is 0 Å². The first-order chi connectivity index (χ1) is 46.6. The van der Waals surface area contributed by atoms with Gasteiger partial charge in [-0.3, -0.25) is 14.4 Å². The van der Waals surface area contributed by atoms with E-state index in [9.17, 15) is 14.4 Å². The Hall–Kier alpha value is -11.3. The molecule has 9 aromatic rings. The summed E-state index contributed by atoms with van der Waals surface area (Å²) in [6, 6.07) is 23.2. The standard InChI is InChI=1S/3C23H27N7O2/c3*1-14(26-18-9-10-29(3)23(18)31)16-13-25-30-20(24-2)12-19(28-22(16)30)27-17-8-4-6-15-7-5-11-32-21(15)17/h3*4,6,8,12-13,18,24,26H,1,5,7,9-11H2,2-3H3,(H,27,28)/t2*18-;/m10./s1. The maximum atomic E-state index is 12.3. The molecule has 6 aliphatic rings. The predicted molar refractivity (Wildman–Crippen MR) is 373 cm³/mol. The Morgan fingerprint density at radius 2 is 0.740 bits per heavy atom. The summed E-state index contributed by atoms with van der Waals surface area (Å²) in [6.45, 7) is 16.8. The van der Waals surface area contributed by atoms with Crippen molar-refractivity contribution in [3.05, 3.63) is 145 Å². The van der Waals surface area contributed by atoms with Gasteiger partial charge in [-0.05, 0) is 92.7 Å². The summed E-state index contributed by atoms with van der Waals surface area (Å²) >= 11 is 0. The van der Waals surface area contributed by atoms with E-state index >= 15 is 0 Å². The van der Waals surface area contributed by atoms with Crippen molar-refractivity contribution in [2.24, 2.45) is 0 Å². The molecular weight excluding hydrogens is 1220 g/mol. The van der Waals surface area contributed by atoms with Gasteiger partial charge < -0.3 is 76.8 Å². The Morgan fingerprint density at radius 3 is 1.00 bits per heavy atom. The molecule has 3 aromatic carbocycles. The van der Waals surface area contributed by atoms with Crippen LogP contribution in [0.2, 0.25) is 0 Å². The molecule has 3 atom stereocenters. The van der Waals surface area contributed by atoms with Crippen molar-refractivity contribution < 1.29 is 28.6 Å². The number of anilines is 9. The van der Waals surface area contributed by atoms with E-state index in [4.69, 9.17) is 29.2 Å². The summed E-state index contributed by atoms with van der Waals surface area (Å²) in [5.74, 6) is 7.19. The van der Waals surface area contributed by atoms with E-state index in [1.54, 1.807) is 46.8 Å². The third kappa shape index (κ3) is 12.8. The largest absolute Gasteiger partial charge is 0.491 e. The highest BCUT2D eigenvalue weighted by atomic mass is 16.5. The van der Waals surface area contributed by atoms with E-state index in [0.717, 1.165) is 146 Å². The summed E-state index contributed by atoms with van der Waals surface area (Å²) in [7, 11) is 11.0. The molecule has 3 amide bonds. The maximum absolute atomic E-state index is 12.3. The summed E-state index contributed by atoms with van der Waals surface area (Å²) in [5.41, 5.74) is 12.3. The molecule has 0 radical (unpaired) electrons. The molecule has 96 heavy (non-hydrogen) atoms. The van der Waals surface area contributed by atoms with Gasteiger partial charge in [-0.15, -0.1) is 0 Å². The number of likely N-dealkylation sites (N-methyl/N-ethyl adjacent to an activating group) is 3. The minimum Gasteiger partial charge on any atom is -0.491 e. The van der Waals surface area contributed by atoms with Crippen molar-refractivity contribution in [2.75, 3.05) is 114 Å². The number of ether oxygens (including phenoxy) is 3. The van der Waals surface area contributed by atoms with Crippen LogP contribution < -0.4 is 62.1 Å². The van der Waals surface area contributed by atoms with Gasteiger partial charge in [-0.1, -0.05) is 56.1 Å². The molecule has 9 N–H and O–H groups in total. The Labute approximate surface area is 555 Å². The van der Waals surface area contributed by atoms with Crippen molar-refractivity contribution in [3.63, 3.8) is 0 Å². The Bertz CT molecular complexity index is 4050. The molecule has 0 aliphatic carbocycles. The first-order valence-electron chi connectivity index (χ1n) is 32.5. The van der Waals surface area contributed by atoms with Gasteiger partial charge in [0.2, 0.25) is 17.7 Å². The predicted octanol–water partition coefficient (Wildman–Crippen LogP) is 7.89. The first kappa shape index (κ1) is 63.5. The minimum absolute atomic E-state index is 0.0719. The summed E-state index contributed by atoms with van der Waals surface area (Å²) in [6.07, 6.45) is 13.5. The monoisotopic (exact) mass is 1300 g/mol. The Morgan fingerprint density at radius 1 is 0.448 bits per heavy atom. The van der Waals surface area contributed by atoms with Gasteiger partial charge in [-0.2, -0.15) is 28.8 Å². The van der Waals surface area contributed by atoms with Gasteiger partial charge in [0.15, 0.2) is 16.9 Å². The molecule has 0 bridgehead atoms. The molecule has 6 aliphatic heterocycles. The molecule has 3 fully saturated rings. The van der Waals surface area contributed by atoms with Gasteiger partial charge >= 0.3 is 0 Å². The van der Waals surface area contributed by atoms with Gasteiger partial charge in [0.05, 0.1) is 72.2 Å². The average molecular weight is 1300 g/mol. The zero-order valence-electron chi connectivity index (χ0n) is 54.9. The topological polar surface area (TPSA) is 287 Å². The molecule has 27 heteroatoms. The highest BCUT2D eigenvalue weighted by molar-refractivity contribution is 5.89. The Balaban J connectivity index is 0.000000130. The van der Waals surface area contributed by atoms with Crippen molar-refractivity contribution in [1.82, 2.24) is 74.4 Å². The normalized spacial score (nSPS) is 17.8. The molecule has 1 unspecified atom stereocenters. The zero-order valence-corrected chi connectivity index (χ0v) is 54.9.